The van der Waals surface area contributed by atoms with E-state index in [1.165, 1.54) is 0 Å². The van der Waals surface area contributed by atoms with Gasteiger partial charge in [-0.15, -0.1) is 0 Å². The molecule has 0 radical (unpaired) electrons. The van der Waals surface area contributed by atoms with Crippen LogP contribution in [-0.2, 0) is 0 Å². The summed E-state index contributed by atoms with van der Waals surface area (Å²) in [6.07, 6.45) is 2.35. The van der Waals surface area contributed by atoms with Crippen LogP contribution < -0.4 is 0 Å². The van der Waals surface area contributed by atoms with E-state index in [4.69, 9.17) is 0 Å². The van der Waals surface area contributed by atoms with Crippen LogP contribution in [0.4, 0.5) is 0 Å². The van der Waals surface area contributed by atoms with E-state index < -0.39 is 0 Å². The van der Waals surface area contributed by atoms with Gasteiger partial charge in [-0.25, -0.2) is 9.97 Å². The molecule has 0 spiro atoms. The first kappa shape index (κ1) is 10.5. The molecule has 0 aliphatic carbocycles. The zero-order valence-electron chi connectivity index (χ0n) is 9.27. The van der Waals surface area contributed by atoms with E-state index in [2.05, 4.69) is 9.97 Å². The molecule has 0 unspecified atom stereocenters. The summed E-state index contributed by atoms with van der Waals surface area (Å²) in [6.45, 7) is 3.83. The van der Waals surface area contributed by atoms with Crippen LogP contribution in [0.5, 0.6) is 0 Å². The average molecular weight is 212 g/mol. The fourth-order valence-corrected chi connectivity index (χ4v) is 1.59. The third-order valence-corrected chi connectivity index (χ3v) is 2.36. The molecule has 80 valence electrons. The number of aromatic nitrogens is 2. The number of aryl methyl sites for hydroxylation is 2. The quantitative estimate of drug-likeness (QED) is 0.718. The second-order valence-corrected chi connectivity index (χ2v) is 3.71. The second kappa shape index (κ2) is 4.23. The molecule has 2 rings (SSSR count). The van der Waals surface area contributed by atoms with Crippen molar-refractivity contribution in [2.24, 2.45) is 0 Å². The molecule has 16 heavy (non-hydrogen) atoms. The SMILES string of the molecule is Cc1cccc(-c2nc(C)ncc2C=O)c1. The Morgan fingerprint density at radius 3 is 2.75 bits per heavy atom. The van der Waals surface area contributed by atoms with Gasteiger partial charge in [0.05, 0.1) is 11.3 Å². The highest BCUT2D eigenvalue weighted by atomic mass is 16.1. The highest BCUT2D eigenvalue weighted by molar-refractivity contribution is 5.85. The van der Waals surface area contributed by atoms with Gasteiger partial charge in [0, 0.05) is 11.8 Å². The van der Waals surface area contributed by atoms with Gasteiger partial charge in [-0.1, -0.05) is 23.8 Å². The minimum atomic E-state index is 0.524. The Kier molecular flexibility index (Phi) is 2.77. The van der Waals surface area contributed by atoms with Crippen LogP contribution in [-0.4, -0.2) is 16.3 Å². The van der Waals surface area contributed by atoms with Crippen LogP contribution >= 0.6 is 0 Å². The van der Waals surface area contributed by atoms with Crippen molar-refractivity contribution in [3.8, 4) is 11.3 Å². The molecular weight excluding hydrogens is 200 g/mol. The number of hydrogen-bond acceptors (Lipinski definition) is 3. The third-order valence-electron chi connectivity index (χ3n) is 2.36. The van der Waals surface area contributed by atoms with E-state index in [1.807, 2.05) is 38.1 Å². The standard InChI is InChI=1S/C13H12N2O/c1-9-4-3-5-11(6-9)13-12(8-16)7-14-10(2)15-13/h3-8H,1-2H3. The second-order valence-electron chi connectivity index (χ2n) is 3.71. The number of carbonyl (C=O) groups is 1. The van der Waals surface area contributed by atoms with Crippen molar-refractivity contribution in [3.63, 3.8) is 0 Å². The fraction of sp³-hybridized carbons (Fsp3) is 0.154. The highest BCUT2D eigenvalue weighted by Crippen LogP contribution is 2.20. The molecule has 1 aromatic heterocycles. The van der Waals surface area contributed by atoms with Crippen molar-refractivity contribution in [2.45, 2.75) is 13.8 Å². The molecule has 0 bridgehead atoms. The van der Waals surface area contributed by atoms with Crippen molar-refractivity contribution in [1.29, 1.82) is 0 Å². The summed E-state index contributed by atoms with van der Waals surface area (Å²) >= 11 is 0. The van der Waals surface area contributed by atoms with Crippen LogP contribution in [0.15, 0.2) is 30.5 Å². The molecule has 1 aromatic carbocycles. The first-order chi connectivity index (χ1) is 7.70. The minimum absolute atomic E-state index is 0.524. The maximum absolute atomic E-state index is 10.9. The molecule has 0 aliphatic rings. The molecule has 0 amide bonds. The van der Waals surface area contributed by atoms with Crippen molar-refractivity contribution in [3.05, 3.63) is 47.4 Å². The Morgan fingerprint density at radius 2 is 2.06 bits per heavy atom. The normalized spacial score (nSPS) is 10.1. The first-order valence-corrected chi connectivity index (χ1v) is 5.06. The topological polar surface area (TPSA) is 42.9 Å². The van der Waals surface area contributed by atoms with E-state index >= 15 is 0 Å². The molecule has 3 nitrogen and oxygen atoms in total. The van der Waals surface area contributed by atoms with Crippen LogP contribution in [0.2, 0.25) is 0 Å². The number of hydrogen-bond donors (Lipinski definition) is 0. The van der Waals surface area contributed by atoms with Gasteiger partial charge in [0.1, 0.15) is 5.82 Å². The zero-order valence-corrected chi connectivity index (χ0v) is 9.27. The predicted octanol–water partition coefficient (Wildman–Crippen LogP) is 2.57. The lowest BCUT2D eigenvalue weighted by Gasteiger charge is -2.05. The molecule has 0 atom stereocenters. The predicted molar refractivity (Wildman–Crippen MR) is 62.3 cm³/mol. The van der Waals surface area contributed by atoms with Crippen LogP contribution in [0, 0.1) is 13.8 Å². The molecule has 0 fully saturated rings. The largest absolute Gasteiger partial charge is 0.298 e. The molecule has 0 saturated heterocycles. The van der Waals surface area contributed by atoms with Gasteiger partial charge in [0.15, 0.2) is 6.29 Å². The smallest absolute Gasteiger partial charge is 0.153 e. The monoisotopic (exact) mass is 212 g/mol. The number of carbonyl (C=O) groups excluding carboxylic acids is 1. The molecular formula is C13H12N2O. The van der Waals surface area contributed by atoms with Crippen molar-refractivity contribution in [2.75, 3.05) is 0 Å². The number of benzene rings is 1. The van der Waals surface area contributed by atoms with E-state index in [9.17, 15) is 4.79 Å². The molecule has 3 heteroatoms. The molecule has 1 heterocycles. The Hall–Kier alpha value is -2.03. The summed E-state index contributed by atoms with van der Waals surface area (Å²) in [5.74, 6) is 0.669. The summed E-state index contributed by atoms with van der Waals surface area (Å²) in [6, 6.07) is 7.92. The highest BCUT2D eigenvalue weighted by Gasteiger charge is 2.07. The molecule has 0 aliphatic heterocycles. The Bertz CT molecular complexity index is 535. The van der Waals surface area contributed by atoms with Gasteiger partial charge in [-0.2, -0.15) is 0 Å². The van der Waals surface area contributed by atoms with Gasteiger partial charge in [-0.05, 0) is 19.9 Å². The summed E-state index contributed by atoms with van der Waals surface area (Å²) in [7, 11) is 0. The van der Waals surface area contributed by atoms with Gasteiger partial charge in [0.2, 0.25) is 0 Å². The number of rotatable bonds is 2. The van der Waals surface area contributed by atoms with Crippen LogP contribution in [0.3, 0.4) is 0 Å². The van der Waals surface area contributed by atoms with E-state index in [-0.39, 0.29) is 0 Å². The maximum Gasteiger partial charge on any atom is 0.153 e. The van der Waals surface area contributed by atoms with Crippen molar-refractivity contribution >= 4 is 6.29 Å². The lowest BCUT2D eigenvalue weighted by molar-refractivity contribution is 0.112. The zero-order chi connectivity index (χ0) is 11.5. The minimum Gasteiger partial charge on any atom is -0.298 e. The summed E-state index contributed by atoms with van der Waals surface area (Å²) in [4.78, 5) is 19.2. The van der Waals surface area contributed by atoms with Crippen LogP contribution in [0.25, 0.3) is 11.3 Å². The van der Waals surface area contributed by atoms with Gasteiger partial charge in [-0.3, -0.25) is 4.79 Å². The number of nitrogens with zero attached hydrogens (tertiary/aromatic N) is 2. The Morgan fingerprint density at radius 1 is 1.25 bits per heavy atom. The third kappa shape index (κ3) is 1.98. The fourth-order valence-electron chi connectivity index (χ4n) is 1.59. The van der Waals surface area contributed by atoms with Gasteiger partial charge >= 0.3 is 0 Å². The van der Waals surface area contributed by atoms with Gasteiger partial charge in [0.25, 0.3) is 0 Å². The van der Waals surface area contributed by atoms with Gasteiger partial charge < -0.3 is 0 Å². The van der Waals surface area contributed by atoms with E-state index in [0.29, 0.717) is 17.1 Å². The van der Waals surface area contributed by atoms with E-state index in [1.54, 1.807) is 6.20 Å². The Labute approximate surface area is 94.2 Å². The number of aldehydes is 1. The summed E-state index contributed by atoms with van der Waals surface area (Å²) < 4.78 is 0. The van der Waals surface area contributed by atoms with E-state index in [0.717, 1.165) is 17.4 Å². The Balaban J connectivity index is 2.62. The first-order valence-electron chi connectivity index (χ1n) is 5.06. The molecule has 2 aromatic rings. The van der Waals surface area contributed by atoms with Crippen molar-refractivity contribution in [1.82, 2.24) is 9.97 Å². The maximum atomic E-state index is 10.9. The summed E-state index contributed by atoms with van der Waals surface area (Å²) in [5.41, 5.74) is 3.32. The lowest BCUT2D eigenvalue weighted by atomic mass is 10.1. The average Bonchev–Trinajstić information content (AvgIpc) is 2.29. The van der Waals surface area contributed by atoms with Crippen molar-refractivity contribution < 1.29 is 4.79 Å². The summed E-state index contributed by atoms with van der Waals surface area (Å²) in [5, 5.41) is 0. The van der Waals surface area contributed by atoms with Crippen LogP contribution in [0.1, 0.15) is 21.7 Å². The lowest BCUT2D eigenvalue weighted by Crippen LogP contribution is -1.97. The molecule has 0 N–H and O–H groups in total. The molecule has 0 saturated carbocycles.